The second kappa shape index (κ2) is 2.40. The smallest absolute Gasteiger partial charge is 0.255 e. The highest BCUT2D eigenvalue weighted by Gasteiger charge is 2.60. The largest absolute Gasteiger partial charge is 0.320 e. The minimum atomic E-state index is 0.0383. The number of piperidine rings is 1. The van der Waals surface area contributed by atoms with Gasteiger partial charge < -0.3 is 4.90 Å². The van der Waals surface area contributed by atoms with Gasteiger partial charge in [-0.2, -0.15) is 0 Å². The first-order valence-electron chi connectivity index (χ1n) is 5.40. The van der Waals surface area contributed by atoms with Crippen molar-refractivity contribution in [1.29, 1.82) is 0 Å². The van der Waals surface area contributed by atoms with Crippen molar-refractivity contribution in [3.63, 3.8) is 0 Å². The van der Waals surface area contributed by atoms with E-state index in [-0.39, 0.29) is 10.8 Å². The SMILES string of the molecule is O=C1c2ccccc2[C@]23C[C@H](CCN12)S3. The number of benzene rings is 1. The molecule has 1 amide bonds. The molecule has 3 saturated heterocycles. The zero-order valence-electron chi connectivity index (χ0n) is 8.27. The molecule has 0 N–H and O–H groups in total. The van der Waals surface area contributed by atoms with E-state index in [9.17, 15) is 4.79 Å². The fourth-order valence-electron chi connectivity index (χ4n) is 3.10. The molecule has 76 valence electrons. The lowest BCUT2D eigenvalue weighted by Gasteiger charge is -2.55. The molecule has 0 aliphatic carbocycles. The fraction of sp³-hybridized carbons (Fsp3) is 0.417. The normalized spacial score (nSPS) is 35.9. The van der Waals surface area contributed by atoms with Gasteiger partial charge in [-0.25, -0.2) is 0 Å². The van der Waals surface area contributed by atoms with Gasteiger partial charge in [0, 0.05) is 22.9 Å². The van der Waals surface area contributed by atoms with Crippen molar-refractivity contribution in [2.75, 3.05) is 6.54 Å². The summed E-state index contributed by atoms with van der Waals surface area (Å²) in [7, 11) is 0. The molecule has 15 heavy (non-hydrogen) atoms. The van der Waals surface area contributed by atoms with Crippen LogP contribution in [0, 0.1) is 0 Å². The summed E-state index contributed by atoms with van der Waals surface area (Å²) in [5.41, 5.74) is 2.20. The molecule has 2 bridgehead atoms. The summed E-state index contributed by atoms with van der Waals surface area (Å²) >= 11 is 1.98. The minimum Gasteiger partial charge on any atom is -0.320 e. The molecule has 5 rings (SSSR count). The third kappa shape index (κ3) is 0.783. The molecule has 4 heterocycles. The van der Waals surface area contributed by atoms with Gasteiger partial charge in [0.1, 0.15) is 4.87 Å². The Morgan fingerprint density at radius 2 is 2.20 bits per heavy atom. The molecule has 2 atom stereocenters. The first-order valence-corrected chi connectivity index (χ1v) is 6.28. The molecule has 3 heteroatoms. The molecular formula is C12H11NOS. The monoisotopic (exact) mass is 217 g/mol. The Labute approximate surface area is 92.6 Å². The Morgan fingerprint density at radius 3 is 3.07 bits per heavy atom. The zero-order valence-corrected chi connectivity index (χ0v) is 9.09. The van der Waals surface area contributed by atoms with Crippen molar-refractivity contribution in [3.05, 3.63) is 35.4 Å². The number of hydrogen-bond acceptors (Lipinski definition) is 2. The van der Waals surface area contributed by atoms with E-state index in [1.807, 2.05) is 30.0 Å². The highest BCUT2D eigenvalue weighted by Crippen LogP contribution is 2.64. The summed E-state index contributed by atoms with van der Waals surface area (Å²) in [6, 6.07) is 8.11. The van der Waals surface area contributed by atoms with Crippen LogP contribution in [0.5, 0.6) is 0 Å². The molecule has 1 spiro atoms. The summed E-state index contributed by atoms with van der Waals surface area (Å²) in [6.07, 6.45) is 2.34. The van der Waals surface area contributed by atoms with Gasteiger partial charge in [0.15, 0.2) is 0 Å². The number of rotatable bonds is 0. The van der Waals surface area contributed by atoms with Gasteiger partial charge in [0.25, 0.3) is 5.91 Å². The Kier molecular flexibility index (Phi) is 1.32. The molecule has 4 aliphatic heterocycles. The third-order valence-electron chi connectivity index (χ3n) is 3.80. The number of hydrogen-bond donors (Lipinski definition) is 0. The number of nitrogens with zero attached hydrogens (tertiary/aromatic N) is 1. The van der Waals surface area contributed by atoms with Crippen LogP contribution in [0.25, 0.3) is 0 Å². The predicted molar refractivity (Wildman–Crippen MR) is 59.8 cm³/mol. The molecule has 0 aromatic heterocycles. The lowest BCUT2D eigenvalue weighted by molar-refractivity contribution is 0.0579. The van der Waals surface area contributed by atoms with Gasteiger partial charge in [-0.15, -0.1) is 11.8 Å². The van der Waals surface area contributed by atoms with E-state index in [1.54, 1.807) is 0 Å². The Balaban J connectivity index is 1.97. The summed E-state index contributed by atoms with van der Waals surface area (Å²) in [5.74, 6) is 0.247. The maximum atomic E-state index is 12.2. The maximum absolute atomic E-state index is 12.2. The highest BCUT2D eigenvalue weighted by molar-refractivity contribution is 8.02. The second-order valence-corrected chi connectivity index (χ2v) is 6.10. The van der Waals surface area contributed by atoms with Gasteiger partial charge in [0.2, 0.25) is 0 Å². The van der Waals surface area contributed by atoms with E-state index >= 15 is 0 Å². The Morgan fingerprint density at radius 1 is 1.40 bits per heavy atom. The van der Waals surface area contributed by atoms with Crippen LogP contribution in [0.2, 0.25) is 0 Å². The first-order chi connectivity index (χ1) is 7.31. The average Bonchev–Trinajstić information content (AvgIpc) is 2.52. The van der Waals surface area contributed by atoms with Crippen LogP contribution in [-0.4, -0.2) is 22.6 Å². The van der Waals surface area contributed by atoms with Crippen molar-refractivity contribution in [1.82, 2.24) is 4.90 Å². The first kappa shape index (κ1) is 8.22. The summed E-state index contributed by atoms with van der Waals surface area (Å²) in [4.78, 5) is 14.3. The van der Waals surface area contributed by atoms with Crippen LogP contribution in [0.3, 0.4) is 0 Å². The molecule has 2 nitrogen and oxygen atoms in total. The number of amides is 1. The van der Waals surface area contributed by atoms with Gasteiger partial charge in [-0.3, -0.25) is 4.79 Å². The molecule has 1 aromatic rings. The van der Waals surface area contributed by atoms with Gasteiger partial charge >= 0.3 is 0 Å². The van der Waals surface area contributed by atoms with E-state index in [0.29, 0.717) is 0 Å². The van der Waals surface area contributed by atoms with Gasteiger partial charge in [-0.1, -0.05) is 18.2 Å². The van der Waals surface area contributed by atoms with Crippen molar-refractivity contribution >= 4 is 17.7 Å². The molecule has 0 unspecified atom stereocenters. The Hall–Kier alpha value is -0.960. The standard InChI is InChI=1S/C12H11NOS/c14-11-9-3-1-2-4-10(9)12-7-8(15-12)5-6-13(11)12/h1-4,8H,5-7H2/t8-,12+/m0/s1. The van der Waals surface area contributed by atoms with Crippen LogP contribution >= 0.6 is 11.8 Å². The molecule has 1 aromatic carbocycles. The van der Waals surface area contributed by atoms with Crippen molar-refractivity contribution in [2.45, 2.75) is 23.0 Å². The van der Waals surface area contributed by atoms with Crippen LogP contribution in [0.4, 0.5) is 0 Å². The number of carbonyl (C=O) groups excluding carboxylic acids is 1. The maximum Gasteiger partial charge on any atom is 0.255 e. The van der Waals surface area contributed by atoms with Gasteiger partial charge in [-0.05, 0) is 18.9 Å². The molecule has 4 aliphatic rings. The van der Waals surface area contributed by atoms with Crippen molar-refractivity contribution in [3.8, 4) is 0 Å². The van der Waals surface area contributed by atoms with E-state index < -0.39 is 0 Å². The van der Waals surface area contributed by atoms with E-state index in [2.05, 4.69) is 11.0 Å². The second-order valence-electron chi connectivity index (χ2n) is 4.52. The molecule has 0 radical (unpaired) electrons. The van der Waals surface area contributed by atoms with Crippen LogP contribution in [-0.2, 0) is 4.87 Å². The third-order valence-corrected chi connectivity index (χ3v) is 5.53. The topological polar surface area (TPSA) is 20.3 Å². The predicted octanol–water partition coefficient (Wildman–Crippen LogP) is 2.20. The minimum absolute atomic E-state index is 0.0383. The average molecular weight is 217 g/mol. The van der Waals surface area contributed by atoms with E-state index in [1.165, 1.54) is 18.4 Å². The van der Waals surface area contributed by atoms with E-state index in [0.717, 1.165) is 17.4 Å². The zero-order chi connectivity index (χ0) is 10.0. The fourth-order valence-corrected chi connectivity index (χ4v) is 4.81. The molecule has 3 fully saturated rings. The van der Waals surface area contributed by atoms with Crippen LogP contribution in [0.1, 0.15) is 28.8 Å². The lowest BCUT2D eigenvalue weighted by Crippen LogP contribution is -2.56. The van der Waals surface area contributed by atoms with E-state index in [4.69, 9.17) is 0 Å². The number of fused-ring (bicyclic) bond motifs is 2. The summed E-state index contributed by atoms with van der Waals surface area (Å²) in [5, 5.41) is 0.792. The summed E-state index contributed by atoms with van der Waals surface area (Å²) in [6.45, 7) is 0.950. The van der Waals surface area contributed by atoms with Crippen LogP contribution in [0.15, 0.2) is 24.3 Å². The van der Waals surface area contributed by atoms with Crippen molar-refractivity contribution < 1.29 is 4.79 Å². The highest BCUT2D eigenvalue weighted by atomic mass is 32.2. The molecular weight excluding hydrogens is 206 g/mol. The number of thioether (sulfide) groups is 1. The quantitative estimate of drug-likeness (QED) is 0.664. The van der Waals surface area contributed by atoms with Gasteiger partial charge in [0.05, 0.1) is 0 Å². The number of carbonyl (C=O) groups is 1. The Bertz CT molecular complexity index is 464. The lowest BCUT2D eigenvalue weighted by atomic mass is 9.94. The summed E-state index contributed by atoms with van der Waals surface area (Å²) < 4.78 is 0. The van der Waals surface area contributed by atoms with Crippen LogP contribution < -0.4 is 0 Å². The van der Waals surface area contributed by atoms with Crippen molar-refractivity contribution in [2.24, 2.45) is 0 Å². The molecule has 0 saturated carbocycles.